The van der Waals surface area contributed by atoms with Gasteiger partial charge in [0.05, 0.1) is 4.90 Å². The van der Waals surface area contributed by atoms with Crippen LogP contribution in [-0.4, -0.2) is 34.5 Å². The Balaban J connectivity index is 2.14. The maximum atomic E-state index is 12.4. The van der Waals surface area contributed by atoms with Crippen LogP contribution in [0.2, 0.25) is 0 Å². The molecule has 0 spiro atoms. The minimum atomic E-state index is -3.52. The second-order valence-electron chi connectivity index (χ2n) is 5.54. The molecule has 6 nitrogen and oxygen atoms in total. The van der Waals surface area contributed by atoms with Gasteiger partial charge in [-0.15, -0.1) is 0 Å². The summed E-state index contributed by atoms with van der Waals surface area (Å²) in [5, 5.41) is 2.83. The SMILES string of the molecule is CCNS(=O)(=O)c1ccc(C(=O)Nc2cccc(N(C)CC)c2)cc1. The highest BCUT2D eigenvalue weighted by atomic mass is 32.2. The Hall–Kier alpha value is -2.38. The molecule has 2 aromatic carbocycles. The lowest BCUT2D eigenvalue weighted by Gasteiger charge is -2.17. The summed E-state index contributed by atoms with van der Waals surface area (Å²) in [6.07, 6.45) is 0. The summed E-state index contributed by atoms with van der Waals surface area (Å²) in [4.78, 5) is 14.6. The van der Waals surface area contributed by atoms with Crippen molar-refractivity contribution in [1.29, 1.82) is 0 Å². The van der Waals surface area contributed by atoms with Crippen molar-refractivity contribution in [3.05, 3.63) is 54.1 Å². The average Bonchev–Trinajstić information content (AvgIpc) is 2.61. The van der Waals surface area contributed by atoms with Crippen LogP contribution in [0.1, 0.15) is 24.2 Å². The first-order valence-corrected chi connectivity index (χ1v) is 9.58. The molecule has 0 bridgehead atoms. The zero-order valence-corrected chi connectivity index (χ0v) is 15.4. The molecule has 1 amide bonds. The summed E-state index contributed by atoms with van der Waals surface area (Å²) in [5.41, 5.74) is 2.09. The molecular formula is C18H23N3O3S. The standard InChI is InChI=1S/C18H23N3O3S/c1-4-19-25(23,24)17-11-9-14(10-12-17)18(22)20-15-7-6-8-16(13-15)21(3)5-2/h6-13,19H,4-5H2,1-3H3,(H,20,22). The average molecular weight is 361 g/mol. The van der Waals surface area contributed by atoms with Crippen molar-refractivity contribution in [3.8, 4) is 0 Å². The van der Waals surface area contributed by atoms with Gasteiger partial charge in [0.25, 0.3) is 5.91 Å². The normalized spacial score (nSPS) is 11.2. The second kappa shape index (κ2) is 8.13. The Morgan fingerprint density at radius 1 is 1.08 bits per heavy atom. The lowest BCUT2D eigenvalue weighted by molar-refractivity contribution is 0.102. The van der Waals surface area contributed by atoms with E-state index < -0.39 is 10.0 Å². The summed E-state index contributed by atoms with van der Waals surface area (Å²) < 4.78 is 26.3. The number of amides is 1. The number of carbonyl (C=O) groups is 1. The van der Waals surface area contributed by atoms with Crippen LogP contribution in [-0.2, 0) is 10.0 Å². The zero-order chi connectivity index (χ0) is 18.4. The second-order valence-corrected chi connectivity index (χ2v) is 7.31. The van der Waals surface area contributed by atoms with Crippen molar-refractivity contribution >= 4 is 27.3 Å². The van der Waals surface area contributed by atoms with Crippen molar-refractivity contribution in [1.82, 2.24) is 4.72 Å². The molecular weight excluding hydrogens is 338 g/mol. The van der Waals surface area contributed by atoms with Crippen LogP contribution in [0.25, 0.3) is 0 Å². The van der Waals surface area contributed by atoms with Crippen LogP contribution in [0.5, 0.6) is 0 Å². The largest absolute Gasteiger partial charge is 0.375 e. The number of rotatable bonds is 7. The third kappa shape index (κ3) is 4.80. The quantitative estimate of drug-likeness (QED) is 0.795. The van der Waals surface area contributed by atoms with Gasteiger partial charge in [-0.1, -0.05) is 13.0 Å². The molecule has 0 aliphatic heterocycles. The van der Waals surface area contributed by atoms with E-state index in [-0.39, 0.29) is 10.8 Å². The van der Waals surface area contributed by atoms with Crippen LogP contribution in [0.4, 0.5) is 11.4 Å². The molecule has 0 fully saturated rings. The van der Waals surface area contributed by atoms with Gasteiger partial charge >= 0.3 is 0 Å². The third-order valence-corrected chi connectivity index (χ3v) is 5.34. The number of carbonyl (C=O) groups excluding carboxylic acids is 1. The summed E-state index contributed by atoms with van der Waals surface area (Å²) in [5.74, 6) is -0.288. The van der Waals surface area contributed by atoms with E-state index in [2.05, 4.69) is 14.9 Å². The molecule has 0 aliphatic rings. The smallest absolute Gasteiger partial charge is 0.255 e. The molecule has 2 rings (SSSR count). The van der Waals surface area contributed by atoms with E-state index in [0.717, 1.165) is 12.2 Å². The van der Waals surface area contributed by atoms with Gasteiger partial charge < -0.3 is 10.2 Å². The summed E-state index contributed by atoms with van der Waals surface area (Å²) in [6, 6.07) is 13.4. The monoisotopic (exact) mass is 361 g/mol. The molecule has 7 heteroatoms. The van der Waals surface area contributed by atoms with Crippen molar-refractivity contribution in [3.63, 3.8) is 0 Å². The van der Waals surface area contributed by atoms with Crippen LogP contribution < -0.4 is 14.9 Å². The summed E-state index contributed by atoms with van der Waals surface area (Å²) >= 11 is 0. The molecule has 2 aromatic rings. The number of benzene rings is 2. The van der Waals surface area contributed by atoms with Gasteiger partial charge in [0.1, 0.15) is 0 Å². The fourth-order valence-electron chi connectivity index (χ4n) is 2.27. The first-order valence-electron chi connectivity index (χ1n) is 8.09. The molecule has 134 valence electrons. The first-order chi connectivity index (χ1) is 11.9. The van der Waals surface area contributed by atoms with Gasteiger partial charge in [0.2, 0.25) is 10.0 Å². The topological polar surface area (TPSA) is 78.5 Å². The molecule has 0 heterocycles. The predicted molar refractivity (Wildman–Crippen MR) is 101 cm³/mol. The van der Waals surface area contributed by atoms with E-state index in [4.69, 9.17) is 0 Å². The molecule has 2 N–H and O–H groups in total. The molecule has 0 radical (unpaired) electrons. The van der Waals surface area contributed by atoms with E-state index in [0.29, 0.717) is 17.8 Å². The lowest BCUT2D eigenvalue weighted by Crippen LogP contribution is -2.23. The number of nitrogens with zero attached hydrogens (tertiary/aromatic N) is 1. The molecule has 0 saturated carbocycles. The Morgan fingerprint density at radius 3 is 2.36 bits per heavy atom. The molecule has 0 aromatic heterocycles. The van der Waals surface area contributed by atoms with Crippen LogP contribution in [0.15, 0.2) is 53.4 Å². The van der Waals surface area contributed by atoms with Gasteiger partial charge in [-0.05, 0) is 49.4 Å². The van der Waals surface area contributed by atoms with E-state index in [1.165, 1.54) is 24.3 Å². The highest BCUT2D eigenvalue weighted by Crippen LogP contribution is 2.19. The summed E-state index contributed by atoms with van der Waals surface area (Å²) in [6.45, 7) is 4.93. The van der Waals surface area contributed by atoms with Crippen molar-refractivity contribution in [2.24, 2.45) is 0 Å². The minimum absolute atomic E-state index is 0.137. The fourth-order valence-corrected chi connectivity index (χ4v) is 3.31. The number of hydrogen-bond donors (Lipinski definition) is 2. The Bertz CT molecular complexity index is 833. The number of hydrogen-bond acceptors (Lipinski definition) is 4. The van der Waals surface area contributed by atoms with E-state index >= 15 is 0 Å². The fraction of sp³-hybridized carbons (Fsp3) is 0.278. The van der Waals surface area contributed by atoms with Crippen molar-refractivity contribution in [2.45, 2.75) is 18.7 Å². The highest BCUT2D eigenvalue weighted by molar-refractivity contribution is 7.89. The van der Waals surface area contributed by atoms with Crippen LogP contribution in [0.3, 0.4) is 0 Å². The highest BCUT2D eigenvalue weighted by Gasteiger charge is 2.14. The van der Waals surface area contributed by atoms with Gasteiger partial charge in [0, 0.05) is 37.1 Å². The van der Waals surface area contributed by atoms with E-state index in [9.17, 15) is 13.2 Å². The maximum absolute atomic E-state index is 12.4. The molecule has 0 atom stereocenters. The molecule has 0 aliphatic carbocycles. The molecule has 0 saturated heterocycles. The van der Waals surface area contributed by atoms with Crippen LogP contribution in [0, 0.1) is 0 Å². The molecule has 25 heavy (non-hydrogen) atoms. The summed E-state index contributed by atoms with van der Waals surface area (Å²) in [7, 11) is -1.54. The van der Waals surface area contributed by atoms with Gasteiger partial charge in [-0.25, -0.2) is 13.1 Å². The van der Waals surface area contributed by atoms with Gasteiger partial charge in [-0.3, -0.25) is 4.79 Å². The zero-order valence-electron chi connectivity index (χ0n) is 14.6. The van der Waals surface area contributed by atoms with Gasteiger partial charge in [-0.2, -0.15) is 0 Å². The Kier molecular flexibility index (Phi) is 6.17. The maximum Gasteiger partial charge on any atom is 0.255 e. The minimum Gasteiger partial charge on any atom is -0.375 e. The van der Waals surface area contributed by atoms with Crippen molar-refractivity contribution in [2.75, 3.05) is 30.4 Å². The van der Waals surface area contributed by atoms with E-state index in [1.807, 2.05) is 38.2 Å². The van der Waals surface area contributed by atoms with Crippen LogP contribution >= 0.6 is 0 Å². The number of anilines is 2. The Morgan fingerprint density at radius 2 is 1.76 bits per heavy atom. The lowest BCUT2D eigenvalue weighted by atomic mass is 10.2. The molecule has 0 unspecified atom stereocenters. The number of nitrogens with one attached hydrogen (secondary N) is 2. The predicted octanol–water partition coefficient (Wildman–Crippen LogP) is 2.69. The first kappa shape index (κ1) is 19.0. The third-order valence-electron chi connectivity index (χ3n) is 3.78. The van der Waals surface area contributed by atoms with Crippen molar-refractivity contribution < 1.29 is 13.2 Å². The Labute approximate surface area is 148 Å². The van der Waals surface area contributed by atoms with E-state index in [1.54, 1.807) is 6.92 Å². The number of sulfonamides is 1. The van der Waals surface area contributed by atoms with Gasteiger partial charge in [0.15, 0.2) is 0 Å².